The summed E-state index contributed by atoms with van der Waals surface area (Å²) in [5, 5.41) is 19.3. The lowest BCUT2D eigenvalue weighted by Gasteiger charge is -2.10. The SMILES string of the molecule is NC(=O)CSCCC(=O)N[C@H](CO)C(=O)O. The number of aliphatic hydroxyl groups excluding tert-OH is 1. The normalized spacial score (nSPS) is 11.8. The molecule has 0 saturated heterocycles. The van der Waals surface area contributed by atoms with Gasteiger partial charge in [0.25, 0.3) is 0 Å². The van der Waals surface area contributed by atoms with Gasteiger partial charge in [-0.3, -0.25) is 9.59 Å². The lowest BCUT2D eigenvalue weighted by molar-refractivity contribution is -0.142. The number of thioether (sulfide) groups is 1. The molecule has 5 N–H and O–H groups in total. The van der Waals surface area contributed by atoms with Gasteiger partial charge in [-0.2, -0.15) is 11.8 Å². The molecule has 0 bridgehead atoms. The van der Waals surface area contributed by atoms with Crippen LogP contribution in [0.2, 0.25) is 0 Å². The largest absolute Gasteiger partial charge is 0.480 e. The average Bonchev–Trinajstić information content (AvgIpc) is 2.20. The maximum atomic E-state index is 11.1. The smallest absolute Gasteiger partial charge is 0.328 e. The highest BCUT2D eigenvalue weighted by atomic mass is 32.2. The second kappa shape index (κ2) is 7.94. The maximum absolute atomic E-state index is 11.1. The van der Waals surface area contributed by atoms with Crippen LogP contribution in [0.1, 0.15) is 6.42 Å². The van der Waals surface area contributed by atoms with E-state index in [1.807, 2.05) is 0 Å². The highest BCUT2D eigenvalue weighted by Crippen LogP contribution is 2.01. The first-order valence-electron chi connectivity index (χ1n) is 4.46. The summed E-state index contributed by atoms with van der Waals surface area (Å²) in [7, 11) is 0. The molecule has 0 aliphatic carbocycles. The quantitative estimate of drug-likeness (QED) is 0.374. The Kier molecular flexibility index (Phi) is 7.31. The number of carbonyl (C=O) groups is 3. The van der Waals surface area contributed by atoms with Crippen LogP contribution in [0.15, 0.2) is 0 Å². The standard InChI is InChI=1S/C8H14N2O5S/c9-6(12)4-16-2-1-7(13)10-5(3-11)8(14)15/h5,11H,1-4H2,(H2,9,12)(H,10,13)(H,14,15)/t5-/m1/s1. The van der Waals surface area contributed by atoms with Gasteiger partial charge < -0.3 is 21.3 Å². The van der Waals surface area contributed by atoms with E-state index in [9.17, 15) is 14.4 Å². The minimum absolute atomic E-state index is 0.0712. The van der Waals surface area contributed by atoms with Gasteiger partial charge >= 0.3 is 5.97 Å². The first kappa shape index (κ1) is 14.7. The van der Waals surface area contributed by atoms with Gasteiger partial charge in [-0.25, -0.2) is 4.79 Å². The Hall–Kier alpha value is -1.28. The van der Waals surface area contributed by atoms with Crippen LogP contribution < -0.4 is 11.1 Å². The Balaban J connectivity index is 3.73. The van der Waals surface area contributed by atoms with E-state index >= 15 is 0 Å². The molecule has 0 aromatic carbocycles. The van der Waals surface area contributed by atoms with Gasteiger partial charge in [0.2, 0.25) is 11.8 Å². The van der Waals surface area contributed by atoms with Gasteiger partial charge in [0, 0.05) is 12.2 Å². The van der Waals surface area contributed by atoms with Crippen molar-refractivity contribution in [3.8, 4) is 0 Å². The second-order valence-corrected chi connectivity index (χ2v) is 4.01. The van der Waals surface area contributed by atoms with Crippen LogP contribution >= 0.6 is 11.8 Å². The molecule has 0 radical (unpaired) electrons. The van der Waals surface area contributed by atoms with Gasteiger partial charge in [0.1, 0.15) is 6.04 Å². The Morgan fingerprint density at radius 3 is 2.44 bits per heavy atom. The van der Waals surface area contributed by atoms with Crippen molar-refractivity contribution in [2.24, 2.45) is 5.73 Å². The number of nitrogens with one attached hydrogen (secondary N) is 1. The zero-order valence-electron chi connectivity index (χ0n) is 8.51. The van der Waals surface area contributed by atoms with Crippen LogP contribution in [0.5, 0.6) is 0 Å². The van der Waals surface area contributed by atoms with Crippen molar-refractivity contribution in [1.82, 2.24) is 5.32 Å². The molecule has 7 nitrogen and oxygen atoms in total. The molecule has 0 fully saturated rings. The Labute approximate surface area is 96.4 Å². The van der Waals surface area contributed by atoms with Gasteiger partial charge in [-0.15, -0.1) is 0 Å². The molecule has 0 aromatic rings. The summed E-state index contributed by atoms with van der Waals surface area (Å²) in [4.78, 5) is 31.9. The number of aliphatic hydroxyl groups is 1. The molecule has 0 rings (SSSR count). The number of primary amides is 1. The average molecular weight is 250 g/mol. The number of carboxylic acid groups (broad SMARTS) is 1. The van der Waals surface area contributed by atoms with Crippen LogP contribution in [0.25, 0.3) is 0 Å². The van der Waals surface area contributed by atoms with Crippen LogP contribution in [0.3, 0.4) is 0 Å². The number of hydrogen-bond acceptors (Lipinski definition) is 5. The fourth-order valence-corrected chi connectivity index (χ4v) is 1.46. The van der Waals surface area contributed by atoms with E-state index < -0.39 is 30.4 Å². The van der Waals surface area contributed by atoms with Crippen LogP contribution in [-0.2, 0) is 14.4 Å². The number of carboxylic acids is 1. The molecule has 2 amide bonds. The fraction of sp³-hybridized carbons (Fsp3) is 0.625. The number of amides is 2. The number of aliphatic carboxylic acids is 1. The summed E-state index contributed by atoms with van der Waals surface area (Å²) < 4.78 is 0. The highest BCUT2D eigenvalue weighted by molar-refractivity contribution is 7.99. The van der Waals surface area contributed by atoms with E-state index in [2.05, 4.69) is 5.32 Å². The van der Waals surface area contributed by atoms with Crippen LogP contribution in [0.4, 0.5) is 0 Å². The minimum Gasteiger partial charge on any atom is -0.480 e. The summed E-state index contributed by atoms with van der Waals surface area (Å²) in [5.74, 6) is -1.76. The monoisotopic (exact) mass is 250 g/mol. The predicted octanol–water partition coefficient (Wildman–Crippen LogP) is -1.84. The minimum atomic E-state index is -1.29. The van der Waals surface area contributed by atoms with E-state index in [1.165, 1.54) is 11.8 Å². The molecule has 92 valence electrons. The molecule has 0 heterocycles. The number of rotatable bonds is 8. The third-order valence-electron chi connectivity index (χ3n) is 1.53. The lowest BCUT2D eigenvalue weighted by Crippen LogP contribution is -2.43. The molecule has 8 heteroatoms. The van der Waals surface area contributed by atoms with Crippen molar-refractivity contribution in [2.45, 2.75) is 12.5 Å². The first-order chi connectivity index (χ1) is 7.47. The number of carbonyl (C=O) groups excluding carboxylic acids is 2. The molecule has 0 saturated carbocycles. The highest BCUT2D eigenvalue weighted by Gasteiger charge is 2.18. The maximum Gasteiger partial charge on any atom is 0.328 e. The Bertz CT molecular complexity index is 271. The lowest BCUT2D eigenvalue weighted by atomic mass is 10.3. The molecule has 0 aromatic heterocycles. The first-order valence-corrected chi connectivity index (χ1v) is 5.62. The van der Waals surface area contributed by atoms with Crippen molar-refractivity contribution in [1.29, 1.82) is 0 Å². The Morgan fingerprint density at radius 2 is 2.00 bits per heavy atom. The van der Waals surface area contributed by atoms with E-state index in [1.54, 1.807) is 0 Å². The third-order valence-corrected chi connectivity index (χ3v) is 2.52. The second-order valence-electron chi connectivity index (χ2n) is 2.91. The van der Waals surface area contributed by atoms with Crippen molar-refractivity contribution in [2.75, 3.05) is 18.1 Å². The summed E-state index contributed by atoms with van der Waals surface area (Å²) in [5.41, 5.74) is 4.88. The van der Waals surface area contributed by atoms with Gasteiger partial charge in [0.15, 0.2) is 0 Å². The molecular weight excluding hydrogens is 236 g/mol. The van der Waals surface area contributed by atoms with Crippen molar-refractivity contribution in [3.63, 3.8) is 0 Å². The number of hydrogen-bond donors (Lipinski definition) is 4. The molecule has 0 unspecified atom stereocenters. The predicted molar refractivity (Wildman–Crippen MR) is 57.8 cm³/mol. The molecule has 0 spiro atoms. The molecule has 16 heavy (non-hydrogen) atoms. The van der Waals surface area contributed by atoms with Crippen molar-refractivity contribution in [3.05, 3.63) is 0 Å². The van der Waals surface area contributed by atoms with E-state index in [0.717, 1.165) is 0 Å². The van der Waals surface area contributed by atoms with Crippen LogP contribution in [-0.4, -0.2) is 52.2 Å². The molecular formula is C8H14N2O5S. The topological polar surface area (TPSA) is 130 Å². The third kappa shape index (κ3) is 7.07. The van der Waals surface area contributed by atoms with E-state index in [0.29, 0.717) is 5.75 Å². The van der Waals surface area contributed by atoms with Gasteiger partial charge in [0.05, 0.1) is 12.4 Å². The van der Waals surface area contributed by atoms with Gasteiger partial charge in [-0.05, 0) is 0 Å². The van der Waals surface area contributed by atoms with Crippen LogP contribution in [0, 0.1) is 0 Å². The molecule has 0 aliphatic heterocycles. The van der Waals surface area contributed by atoms with E-state index in [4.69, 9.17) is 15.9 Å². The summed E-state index contributed by atoms with van der Waals surface area (Å²) in [6.07, 6.45) is 0.0712. The van der Waals surface area contributed by atoms with Crippen molar-refractivity contribution >= 4 is 29.5 Å². The van der Waals surface area contributed by atoms with Crippen molar-refractivity contribution < 1.29 is 24.6 Å². The summed E-state index contributed by atoms with van der Waals surface area (Å²) >= 11 is 1.19. The van der Waals surface area contributed by atoms with Gasteiger partial charge in [-0.1, -0.05) is 0 Å². The fourth-order valence-electron chi connectivity index (χ4n) is 0.790. The number of nitrogens with two attached hydrogens (primary N) is 1. The summed E-state index contributed by atoms with van der Waals surface area (Å²) in [6, 6.07) is -1.28. The Morgan fingerprint density at radius 1 is 1.38 bits per heavy atom. The summed E-state index contributed by atoms with van der Waals surface area (Å²) in [6.45, 7) is -0.657. The molecule has 1 atom stereocenters. The molecule has 0 aliphatic rings. The zero-order chi connectivity index (χ0) is 12.6. The van der Waals surface area contributed by atoms with E-state index in [-0.39, 0.29) is 12.2 Å². The zero-order valence-corrected chi connectivity index (χ0v) is 9.33.